The first kappa shape index (κ1) is 14.3. The molecule has 7 heteroatoms. The number of hydrogen-bond acceptors (Lipinski definition) is 3. The molecule has 0 amide bonds. The number of pyridine rings is 1. The van der Waals surface area contributed by atoms with Crippen molar-refractivity contribution in [1.82, 2.24) is 4.98 Å². The van der Waals surface area contributed by atoms with Crippen molar-refractivity contribution in [3.05, 3.63) is 53.9 Å². The summed E-state index contributed by atoms with van der Waals surface area (Å²) in [6, 6.07) is 6.22. The molecule has 0 saturated heterocycles. The molecule has 1 heterocycles. The molecule has 0 aliphatic rings. The number of nitrogens with zero attached hydrogens (tertiary/aromatic N) is 1. The Morgan fingerprint density at radius 2 is 2.00 bits per heavy atom. The highest BCUT2D eigenvalue weighted by Crippen LogP contribution is 2.33. The molecule has 2 rings (SSSR count). The number of halogens is 3. The highest BCUT2D eigenvalue weighted by atomic mass is 32.1. The largest absolute Gasteiger partial charge is 0.455 e. The van der Waals surface area contributed by atoms with Crippen LogP contribution in [0.25, 0.3) is 0 Å². The zero-order valence-electron chi connectivity index (χ0n) is 10.0. The third kappa shape index (κ3) is 3.24. The van der Waals surface area contributed by atoms with E-state index in [0.717, 1.165) is 12.1 Å². The number of thiocarbonyl (C=S) groups is 1. The van der Waals surface area contributed by atoms with E-state index in [1.807, 2.05) is 0 Å². The molecular weight excluding hydrogens is 289 g/mol. The number of ether oxygens (including phenoxy) is 1. The number of benzene rings is 1. The molecule has 1 aromatic heterocycles. The zero-order valence-corrected chi connectivity index (χ0v) is 10.8. The maximum Gasteiger partial charge on any atom is 0.416 e. The van der Waals surface area contributed by atoms with Gasteiger partial charge in [0.2, 0.25) is 0 Å². The first-order chi connectivity index (χ1) is 9.38. The van der Waals surface area contributed by atoms with E-state index in [4.69, 9.17) is 22.7 Å². The molecule has 20 heavy (non-hydrogen) atoms. The fraction of sp³-hybridized carbons (Fsp3) is 0.0769. The van der Waals surface area contributed by atoms with Gasteiger partial charge in [-0.3, -0.25) is 4.98 Å². The maximum absolute atomic E-state index is 12.7. The molecule has 1 aromatic carbocycles. The van der Waals surface area contributed by atoms with E-state index in [0.29, 0.717) is 5.75 Å². The van der Waals surface area contributed by atoms with Crippen LogP contribution in [0.1, 0.15) is 11.1 Å². The van der Waals surface area contributed by atoms with Crippen LogP contribution >= 0.6 is 12.2 Å². The summed E-state index contributed by atoms with van der Waals surface area (Å²) in [5, 5.41) is 0. The maximum atomic E-state index is 12.7. The van der Waals surface area contributed by atoms with E-state index >= 15 is 0 Å². The topological polar surface area (TPSA) is 48.1 Å². The van der Waals surface area contributed by atoms with Crippen molar-refractivity contribution >= 4 is 17.2 Å². The van der Waals surface area contributed by atoms with Gasteiger partial charge in [0.25, 0.3) is 0 Å². The van der Waals surface area contributed by atoms with Crippen LogP contribution in [0.3, 0.4) is 0 Å². The molecule has 0 fully saturated rings. The highest BCUT2D eigenvalue weighted by Gasteiger charge is 2.31. The van der Waals surface area contributed by atoms with Crippen molar-refractivity contribution in [2.24, 2.45) is 5.73 Å². The second kappa shape index (κ2) is 5.46. The molecule has 0 atom stereocenters. The Bertz CT molecular complexity index is 629. The van der Waals surface area contributed by atoms with Gasteiger partial charge in [-0.1, -0.05) is 12.2 Å². The van der Waals surface area contributed by atoms with Crippen LogP contribution in [0.5, 0.6) is 11.5 Å². The van der Waals surface area contributed by atoms with Gasteiger partial charge in [-0.25, -0.2) is 0 Å². The summed E-state index contributed by atoms with van der Waals surface area (Å²) < 4.78 is 43.4. The number of hydrogen-bond donors (Lipinski definition) is 1. The molecule has 0 bridgehead atoms. The van der Waals surface area contributed by atoms with Gasteiger partial charge in [-0.15, -0.1) is 0 Å². The van der Waals surface area contributed by atoms with Gasteiger partial charge >= 0.3 is 6.18 Å². The second-order valence-electron chi connectivity index (χ2n) is 3.86. The monoisotopic (exact) mass is 298 g/mol. The van der Waals surface area contributed by atoms with E-state index in [1.54, 1.807) is 18.3 Å². The molecule has 0 unspecified atom stereocenters. The van der Waals surface area contributed by atoms with Gasteiger partial charge < -0.3 is 10.5 Å². The fourth-order valence-electron chi connectivity index (χ4n) is 1.52. The van der Waals surface area contributed by atoms with E-state index in [1.165, 1.54) is 12.3 Å². The van der Waals surface area contributed by atoms with Crippen LogP contribution in [0, 0.1) is 0 Å². The smallest absolute Gasteiger partial charge is 0.416 e. The second-order valence-corrected chi connectivity index (χ2v) is 4.30. The Kier molecular flexibility index (Phi) is 3.89. The van der Waals surface area contributed by atoms with Crippen molar-refractivity contribution in [3.63, 3.8) is 0 Å². The van der Waals surface area contributed by atoms with Gasteiger partial charge in [-0.05, 0) is 30.3 Å². The van der Waals surface area contributed by atoms with Gasteiger partial charge in [-0.2, -0.15) is 13.2 Å². The molecule has 3 nitrogen and oxygen atoms in total. The SMILES string of the molecule is NC(=S)c1cc(C(F)(F)F)ccc1Oc1cccnc1. The average molecular weight is 298 g/mol. The molecular formula is C13H9F3N2OS. The van der Waals surface area contributed by atoms with Gasteiger partial charge in [0.1, 0.15) is 16.5 Å². The lowest BCUT2D eigenvalue weighted by molar-refractivity contribution is -0.137. The lowest BCUT2D eigenvalue weighted by Gasteiger charge is -2.13. The van der Waals surface area contributed by atoms with E-state index < -0.39 is 11.7 Å². The number of aromatic nitrogens is 1. The van der Waals surface area contributed by atoms with Crippen molar-refractivity contribution in [1.29, 1.82) is 0 Å². The molecule has 2 aromatic rings. The molecule has 104 valence electrons. The number of rotatable bonds is 3. The van der Waals surface area contributed by atoms with Gasteiger partial charge in [0.05, 0.1) is 17.3 Å². The first-order valence-electron chi connectivity index (χ1n) is 5.47. The Morgan fingerprint density at radius 1 is 1.25 bits per heavy atom. The van der Waals surface area contributed by atoms with E-state index in [9.17, 15) is 13.2 Å². The predicted octanol–water partition coefficient (Wildman–Crippen LogP) is 3.53. The van der Waals surface area contributed by atoms with Crippen molar-refractivity contribution in [2.75, 3.05) is 0 Å². The zero-order chi connectivity index (χ0) is 14.8. The quantitative estimate of drug-likeness (QED) is 0.881. The minimum atomic E-state index is -4.47. The van der Waals surface area contributed by atoms with Crippen LogP contribution < -0.4 is 10.5 Å². The van der Waals surface area contributed by atoms with Crippen LogP contribution in [0.15, 0.2) is 42.7 Å². The van der Waals surface area contributed by atoms with Gasteiger partial charge in [0, 0.05) is 6.20 Å². The minimum Gasteiger partial charge on any atom is -0.455 e. The van der Waals surface area contributed by atoms with E-state index in [2.05, 4.69) is 4.98 Å². The Labute approximate surface area is 118 Å². The number of nitrogens with two attached hydrogens (primary N) is 1. The first-order valence-corrected chi connectivity index (χ1v) is 5.87. The van der Waals surface area contributed by atoms with Crippen LogP contribution in [-0.4, -0.2) is 9.97 Å². The molecule has 0 aliphatic heterocycles. The lowest BCUT2D eigenvalue weighted by atomic mass is 10.1. The van der Waals surface area contributed by atoms with Gasteiger partial charge in [0.15, 0.2) is 0 Å². The highest BCUT2D eigenvalue weighted by molar-refractivity contribution is 7.80. The predicted molar refractivity (Wildman–Crippen MR) is 71.6 cm³/mol. The third-order valence-electron chi connectivity index (χ3n) is 2.43. The average Bonchev–Trinajstić information content (AvgIpc) is 2.38. The summed E-state index contributed by atoms with van der Waals surface area (Å²) in [5.41, 5.74) is 4.64. The number of alkyl halides is 3. The Hall–Kier alpha value is -2.15. The summed E-state index contributed by atoms with van der Waals surface area (Å²) >= 11 is 4.76. The third-order valence-corrected chi connectivity index (χ3v) is 2.65. The summed E-state index contributed by atoms with van der Waals surface area (Å²) in [5.74, 6) is 0.531. The van der Waals surface area contributed by atoms with Crippen LogP contribution in [-0.2, 0) is 6.18 Å². The lowest BCUT2D eigenvalue weighted by Crippen LogP contribution is -2.13. The van der Waals surface area contributed by atoms with Crippen molar-refractivity contribution < 1.29 is 17.9 Å². The molecule has 0 aliphatic carbocycles. The summed E-state index contributed by atoms with van der Waals surface area (Å²) in [6.45, 7) is 0. The molecule has 0 saturated carbocycles. The standard InChI is InChI=1S/C13H9F3N2OS/c14-13(15,16)8-3-4-11(10(6-8)12(17)20)19-9-2-1-5-18-7-9/h1-7H,(H2,17,20). The molecule has 0 radical (unpaired) electrons. The molecule has 0 spiro atoms. The van der Waals surface area contributed by atoms with Crippen LogP contribution in [0.4, 0.5) is 13.2 Å². The normalized spacial score (nSPS) is 11.2. The van der Waals surface area contributed by atoms with E-state index in [-0.39, 0.29) is 16.3 Å². The summed E-state index contributed by atoms with van der Waals surface area (Å²) in [6.07, 6.45) is -1.48. The van der Waals surface area contributed by atoms with Crippen molar-refractivity contribution in [2.45, 2.75) is 6.18 Å². The minimum absolute atomic E-state index is 0.0266. The fourth-order valence-corrected chi connectivity index (χ4v) is 1.68. The summed E-state index contributed by atoms with van der Waals surface area (Å²) in [7, 11) is 0. The van der Waals surface area contributed by atoms with Crippen LogP contribution in [0.2, 0.25) is 0 Å². The Balaban J connectivity index is 2.41. The molecule has 2 N–H and O–H groups in total. The Morgan fingerprint density at radius 3 is 2.55 bits per heavy atom. The van der Waals surface area contributed by atoms with Crippen molar-refractivity contribution in [3.8, 4) is 11.5 Å². The summed E-state index contributed by atoms with van der Waals surface area (Å²) in [4.78, 5) is 3.67.